The van der Waals surface area contributed by atoms with E-state index in [-0.39, 0.29) is 11.7 Å². The molecule has 0 radical (unpaired) electrons. The van der Waals surface area contributed by atoms with Crippen molar-refractivity contribution in [1.82, 2.24) is 24.5 Å². The van der Waals surface area contributed by atoms with E-state index in [1.807, 2.05) is 19.9 Å². The minimum atomic E-state index is 0.00816. The van der Waals surface area contributed by atoms with Crippen molar-refractivity contribution >= 4 is 23.4 Å². The lowest BCUT2D eigenvalue weighted by atomic mass is 10.4. The van der Waals surface area contributed by atoms with Crippen molar-refractivity contribution in [1.29, 1.82) is 0 Å². The predicted octanol–water partition coefficient (Wildman–Crippen LogP) is 0.955. The molecule has 0 aromatic carbocycles. The Bertz CT molecular complexity index is 683. The largest absolute Gasteiger partial charge is 0.383 e. The molecular formula is C15H23N5O3S. The maximum atomic E-state index is 12.4. The number of amides is 1. The Balaban J connectivity index is 2.00. The molecule has 0 bridgehead atoms. The first kappa shape index (κ1) is 18.6. The lowest BCUT2D eigenvalue weighted by molar-refractivity contribution is -0.129. The van der Waals surface area contributed by atoms with Crippen LogP contribution in [0.1, 0.15) is 11.4 Å². The van der Waals surface area contributed by atoms with Gasteiger partial charge in [-0.2, -0.15) is 4.98 Å². The number of fused-ring (bicyclic) bond motifs is 1. The van der Waals surface area contributed by atoms with Crippen LogP contribution in [0.25, 0.3) is 5.78 Å². The van der Waals surface area contributed by atoms with Crippen molar-refractivity contribution in [3.05, 3.63) is 17.5 Å². The summed E-state index contributed by atoms with van der Waals surface area (Å²) in [5.74, 6) is 0.828. The highest BCUT2D eigenvalue weighted by molar-refractivity contribution is 7.99. The molecular weight excluding hydrogens is 330 g/mol. The quantitative estimate of drug-likeness (QED) is 0.621. The van der Waals surface area contributed by atoms with Crippen molar-refractivity contribution in [2.75, 3.05) is 46.3 Å². The van der Waals surface area contributed by atoms with Crippen molar-refractivity contribution in [3.8, 4) is 0 Å². The Morgan fingerprint density at radius 2 is 1.88 bits per heavy atom. The van der Waals surface area contributed by atoms with Gasteiger partial charge in [-0.3, -0.25) is 4.79 Å². The number of ether oxygens (including phenoxy) is 2. The van der Waals surface area contributed by atoms with E-state index in [0.29, 0.717) is 37.2 Å². The third kappa shape index (κ3) is 4.89. The molecule has 8 nitrogen and oxygen atoms in total. The number of carbonyl (C=O) groups is 1. The third-order valence-electron chi connectivity index (χ3n) is 3.41. The Labute approximate surface area is 145 Å². The summed E-state index contributed by atoms with van der Waals surface area (Å²) in [6, 6.07) is 1.94. The van der Waals surface area contributed by atoms with Crippen LogP contribution in [0.2, 0.25) is 0 Å². The summed E-state index contributed by atoms with van der Waals surface area (Å²) in [5, 5.41) is 4.94. The van der Waals surface area contributed by atoms with Crippen LogP contribution in [0.3, 0.4) is 0 Å². The van der Waals surface area contributed by atoms with E-state index in [1.54, 1.807) is 23.6 Å². The molecule has 9 heteroatoms. The molecule has 0 atom stereocenters. The predicted molar refractivity (Wildman–Crippen MR) is 91.3 cm³/mol. The summed E-state index contributed by atoms with van der Waals surface area (Å²) in [6.07, 6.45) is 0. The van der Waals surface area contributed by atoms with Gasteiger partial charge >= 0.3 is 0 Å². The monoisotopic (exact) mass is 353 g/mol. The molecule has 2 heterocycles. The average molecular weight is 353 g/mol. The van der Waals surface area contributed by atoms with Gasteiger partial charge in [-0.25, -0.2) is 9.50 Å². The number of hydrogen-bond donors (Lipinski definition) is 0. The highest BCUT2D eigenvalue weighted by Crippen LogP contribution is 2.16. The van der Waals surface area contributed by atoms with Crippen LogP contribution in [-0.2, 0) is 14.3 Å². The summed E-state index contributed by atoms with van der Waals surface area (Å²) in [5.41, 5.74) is 1.86. The molecule has 0 fully saturated rings. The number of thioether (sulfide) groups is 1. The van der Waals surface area contributed by atoms with Crippen LogP contribution >= 0.6 is 11.8 Å². The van der Waals surface area contributed by atoms with Crippen LogP contribution in [0.4, 0.5) is 0 Å². The standard InChI is InChI=1S/C15H23N5O3S/c1-11-9-12(2)20-14(16-11)17-15(18-20)24-10-13(21)19(5-7-22-3)6-8-23-4/h9H,5-8,10H2,1-4H3. The van der Waals surface area contributed by atoms with E-state index in [9.17, 15) is 4.79 Å². The second-order valence-electron chi connectivity index (χ2n) is 5.30. The molecule has 0 N–H and O–H groups in total. The Morgan fingerprint density at radius 1 is 1.21 bits per heavy atom. The van der Waals surface area contributed by atoms with Crippen molar-refractivity contribution in [3.63, 3.8) is 0 Å². The number of aromatic nitrogens is 4. The molecule has 0 aliphatic carbocycles. The Morgan fingerprint density at radius 3 is 2.50 bits per heavy atom. The molecule has 2 rings (SSSR count). The van der Waals surface area contributed by atoms with Crippen LogP contribution in [0.15, 0.2) is 11.2 Å². The summed E-state index contributed by atoms with van der Waals surface area (Å²) < 4.78 is 11.8. The molecule has 0 unspecified atom stereocenters. The first-order valence-corrected chi connectivity index (χ1v) is 8.63. The van der Waals surface area contributed by atoms with Crippen LogP contribution in [0.5, 0.6) is 0 Å². The first-order chi connectivity index (χ1) is 11.5. The normalized spacial score (nSPS) is 11.2. The molecule has 0 aliphatic rings. The van der Waals surface area contributed by atoms with Gasteiger partial charge < -0.3 is 14.4 Å². The van der Waals surface area contributed by atoms with Gasteiger partial charge in [-0.1, -0.05) is 11.8 Å². The SMILES string of the molecule is COCCN(CCOC)C(=O)CSc1nc2nc(C)cc(C)n2n1. The van der Waals surface area contributed by atoms with E-state index in [0.717, 1.165) is 11.4 Å². The van der Waals surface area contributed by atoms with Gasteiger partial charge in [0.2, 0.25) is 11.1 Å². The minimum Gasteiger partial charge on any atom is -0.383 e. The third-order valence-corrected chi connectivity index (χ3v) is 4.23. The number of methoxy groups -OCH3 is 2. The number of rotatable bonds is 9. The van der Waals surface area contributed by atoms with E-state index in [2.05, 4.69) is 15.1 Å². The molecule has 2 aromatic heterocycles. The topological polar surface area (TPSA) is 81.9 Å². The molecule has 0 aliphatic heterocycles. The molecule has 132 valence electrons. The number of carbonyl (C=O) groups excluding carboxylic acids is 1. The van der Waals surface area contributed by atoms with Gasteiger partial charge in [0, 0.05) is 38.7 Å². The minimum absolute atomic E-state index is 0.00816. The maximum absolute atomic E-state index is 12.4. The summed E-state index contributed by atoms with van der Waals surface area (Å²) in [4.78, 5) is 22.8. The first-order valence-electron chi connectivity index (χ1n) is 7.64. The maximum Gasteiger partial charge on any atom is 0.253 e. The van der Waals surface area contributed by atoms with Gasteiger partial charge in [-0.15, -0.1) is 5.10 Å². The fraction of sp³-hybridized carbons (Fsp3) is 0.600. The zero-order valence-electron chi connectivity index (χ0n) is 14.5. The number of aryl methyl sites for hydroxylation is 2. The van der Waals surface area contributed by atoms with Gasteiger partial charge in [0.05, 0.1) is 19.0 Å². The highest BCUT2D eigenvalue weighted by atomic mass is 32.2. The molecule has 0 spiro atoms. The zero-order chi connectivity index (χ0) is 17.5. The fourth-order valence-electron chi connectivity index (χ4n) is 2.19. The van der Waals surface area contributed by atoms with E-state index in [1.165, 1.54) is 11.8 Å². The smallest absolute Gasteiger partial charge is 0.253 e. The number of nitrogens with zero attached hydrogens (tertiary/aromatic N) is 5. The Kier molecular flexibility index (Phi) is 6.95. The van der Waals surface area contributed by atoms with Gasteiger partial charge in [0.25, 0.3) is 5.78 Å². The number of hydrogen-bond acceptors (Lipinski definition) is 7. The van der Waals surface area contributed by atoms with Gasteiger partial charge in [0.1, 0.15) is 0 Å². The molecule has 1 amide bonds. The second kappa shape index (κ2) is 8.95. The van der Waals surface area contributed by atoms with Crippen molar-refractivity contribution in [2.45, 2.75) is 19.0 Å². The summed E-state index contributed by atoms with van der Waals surface area (Å²) >= 11 is 1.31. The van der Waals surface area contributed by atoms with Crippen molar-refractivity contribution in [2.24, 2.45) is 0 Å². The van der Waals surface area contributed by atoms with E-state index in [4.69, 9.17) is 9.47 Å². The lowest BCUT2D eigenvalue weighted by Crippen LogP contribution is -2.37. The van der Waals surface area contributed by atoms with E-state index < -0.39 is 0 Å². The van der Waals surface area contributed by atoms with Crippen LogP contribution in [-0.4, -0.2) is 76.7 Å². The second-order valence-corrected chi connectivity index (χ2v) is 6.24. The fourth-order valence-corrected chi connectivity index (χ4v) is 2.91. The molecule has 24 heavy (non-hydrogen) atoms. The van der Waals surface area contributed by atoms with Crippen LogP contribution < -0.4 is 0 Å². The van der Waals surface area contributed by atoms with Crippen molar-refractivity contribution < 1.29 is 14.3 Å². The summed E-state index contributed by atoms with van der Waals surface area (Å²) in [7, 11) is 3.23. The highest BCUT2D eigenvalue weighted by Gasteiger charge is 2.15. The van der Waals surface area contributed by atoms with Gasteiger partial charge in [-0.05, 0) is 19.9 Å². The average Bonchev–Trinajstić information content (AvgIpc) is 2.96. The molecule has 0 saturated heterocycles. The Hall–Kier alpha value is -1.71. The zero-order valence-corrected chi connectivity index (χ0v) is 15.3. The van der Waals surface area contributed by atoms with Crippen LogP contribution in [0, 0.1) is 13.8 Å². The van der Waals surface area contributed by atoms with E-state index >= 15 is 0 Å². The van der Waals surface area contributed by atoms with Gasteiger partial charge in [0.15, 0.2) is 0 Å². The molecule has 0 saturated carbocycles. The lowest BCUT2D eigenvalue weighted by Gasteiger charge is -2.21. The summed E-state index contributed by atoms with van der Waals surface area (Å²) in [6.45, 7) is 5.94. The molecule has 2 aromatic rings.